The lowest BCUT2D eigenvalue weighted by atomic mass is 9.93. The number of rotatable bonds is 7. The molecule has 0 aliphatic carbocycles. The predicted octanol–water partition coefficient (Wildman–Crippen LogP) is 5.19. The summed E-state index contributed by atoms with van der Waals surface area (Å²) in [7, 11) is -0.803. The van der Waals surface area contributed by atoms with Crippen LogP contribution in [0, 0.1) is 5.82 Å². The third-order valence-corrected chi connectivity index (χ3v) is 4.58. The Morgan fingerprint density at radius 2 is 1.91 bits per heavy atom. The van der Waals surface area contributed by atoms with Gasteiger partial charge in [-0.05, 0) is 60.8 Å². The predicted molar refractivity (Wildman–Crippen MR) is 97.1 cm³/mol. The van der Waals surface area contributed by atoms with Gasteiger partial charge in [0.05, 0.1) is 6.61 Å². The molecule has 1 radical (unpaired) electrons. The van der Waals surface area contributed by atoms with Crippen molar-refractivity contribution in [3.05, 3.63) is 53.3 Å². The number of halogens is 1. The zero-order valence-electron chi connectivity index (χ0n) is 14.2. The van der Waals surface area contributed by atoms with Gasteiger partial charge in [0.1, 0.15) is 5.82 Å². The first-order chi connectivity index (χ1) is 11.0. The van der Waals surface area contributed by atoms with Crippen LogP contribution in [0.3, 0.4) is 0 Å². The molecule has 2 N–H and O–H groups in total. The Morgan fingerprint density at radius 3 is 2.61 bits per heavy atom. The molecule has 0 saturated heterocycles. The topological polar surface area (TPSA) is 35.2 Å². The molecule has 0 unspecified atom stereocenters. The highest BCUT2D eigenvalue weighted by molar-refractivity contribution is 6.48. The molecule has 23 heavy (non-hydrogen) atoms. The van der Waals surface area contributed by atoms with Crippen LogP contribution in [0.5, 0.6) is 0 Å². The second kappa shape index (κ2) is 8.27. The molecule has 0 aliphatic heterocycles. The molecule has 123 valence electrons. The van der Waals surface area contributed by atoms with Gasteiger partial charge in [-0.2, -0.15) is 0 Å². The summed E-state index contributed by atoms with van der Waals surface area (Å²) < 4.78 is 20.3. The van der Waals surface area contributed by atoms with Gasteiger partial charge in [-0.3, -0.25) is 0 Å². The lowest BCUT2D eigenvalue weighted by molar-refractivity contribution is 0.313. The number of benzene rings is 2. The van der Waals surface area contributed by atoms with Crippen molar-refractivity contribution in [1.29, 1.82) is 0 Å². The van der Waals surface area contributed by atoms with Crippen LogP contribution in [0.15, 0.2) is 36.4 Å². The van der Waals surface area contributed by atoms with Crippen LogP contribution < -0.4 is 5.73 Å². The standard InChI is InChI=1S/C19H25FNOSi/c1-4-5-7-14-8-6-9-16(18(14)13-22-23(2)3)17-12-15(21)10-11-19(17)20/h6,8-12H,4-5,7,13,21H2,1-3H3. The third-order valence-electron chi connectivity index (χ3n) is 3.86. The maximum absolute atomic E-state index is 14.3. The van der Waals surface area contributed by atoms with Crippen molar-refractivity contribution in [1.82, 2.24) is 0 Å². The SMILES string of the molecule is CCCCc1cccc(-c2cc(N)ccc2F)c1CO[Si](C)C. The molecule has 0 atom stereocenters. The summed E-state index contributed by atoms with van der Waals surface area (Å²) in [5, 5.41) is 0. The maximum Gasteiger partial charge on any atom is 0.205 e. The molecule has 0 aliphatic rings. The summed E-state index contributed by atoms with van der Waals surface area (Å²) in [6.07, 6.45) is 3.24. The zero-order chi connectivity index (χ0) is 16.8. The summed E-state index contributed by atoms with van der Waals surface area (Å²) in [4.78, 5) is 0. The van der Waals surface area contributed by atoms with Crippen molar-refractivity contribution < 1.29 is 8.82 Å². The van der Waals surface area contributed by atoms with Gasteiger partial charge < -0.3 is 10.2 Å². The Labute approximate surface area is 140 Å². The molecule has 2 aromatic carbocycles. The smallest absolute Gasteiger partial charge is 0.205 e. The van der Waals surface area contributed by atoms with E-state index in [9.17, 15) is 4.39 Å². The Bertz CT molecular complexity index is 658. The van der Waals surface area contributed by atoms with E-state index in [1.807, 2.05) is 12.1 Å². The molecule has 2 aromatic rings. The molecular weight excluding hydrogens is 305 g/mol. The Hall–Kier alpha value is -1.65. The second-order valence-corrected chi connectivity index (χ2v) is 8.09. The van der Waals surface area contributed by atoms with Crippen molar-refractivity contribution in [2.24, 2.45) is 0 Å². The number of aryl methyl sites for hydroxylation is 1. The highest BCUT2D eigenvalue weighted by atomic mass is 28.3. The maximum atomic E-state index is 14.3. The normalized spacial score (nSPS) is 11.2. The number of unbranched alkanes of at least 4 members (excludes halogenated alkanes) is 1. The highest BCUT2D eigenvalue weighted by Crippen LogP contribution is 2.31. The van der Waals surface area contributed by atoms with Gasteiger partial charge in [-0.1, -0.05) is 31.5 Å². The summed E-state index contributed by atoms with van der Waals surface area (Å²) in [6, 6.07) is 10.8. The van der Waals surface area contributed by atoms with Crippen LogP contribution in [-0.2, 0) is 17.5 Å². The average Bonchev–Trinajstić information content (AvgIpc) is 2.53. The average molecular weight is 330 g/mol. The quantitative estimate of drug-likeness (QED) is 0.560. The third kappa shape index (κ3) is 4.66. The van der Waals surface area contributed by atoms with E-state index in [4.69, 9.17) is 10.2 Å². The largest absolute Gasteiger partial charge is 0.413 e. The second-order valence-electron chi connectivity index (χ2n) is 5.98. The monoisotopic (exact) mass is 330 g/mol. The minimum Gasteiger partial charge on any atom is -0.413 e. The van der Waals surface area contributed by atoms with Crippen molar-refractivity contribution >= 4 is 14.7 Å². The Morgan fingerprint density at radius 1 is 1.13 bits per heavy atom. The fraction of sp³-hybridized carbons (Fsp3) is 0.368. The lowest BCUT2D eigenvalue weighted by Gasteiger charge is -2.17. The molecule has 0 aromatic heterocycles. The van der Waals surface area contributed by atoms with Gasteiger partial charge >= 0.3 is 0 Å². The molecule has 0 saturated carbocycles. The first-order valence-corrected chi connectivity index (χ1v) is 10.5. The van der Waals surface area contributed by atoms with Crippen LogP contribution in [0.1, 0.15) is 30.9 Å². The van der Waals surface area contributed by atoms with Crippen LogP contribution >= 0.6 is 0 Å². The van der Waals surface area contributed by atoms with Gasteiger partial charge in [0.15, 0.2) is 0 Å². The molecule has 0 fully saturated rings. The molecule has 0 amide bonds. The number of nitrogen functional groups attached to an aromatic ring is 1. The summed E-state index contributed by atoms with van der Waals surface area (Å²) in [6.45, 7) is 6.93. The molecule has 0 bridgehead atoms. The van der Waals surface area contributed by atoms with Gasteiger partial charge in [0, 0.05) is 11.3 Å². The minimum atomic E-state index is -0.803. The summed E-state index contributed by atoms with van der Waals surface area (Å²) in [5.41, 5.74) is 10.2. The Kier molecular flexibility index (Phi) is 6.36. The molecular formula is C19H25FNOSi. The van der Waals surface area contributed by atoms with E-state index in [0.717, 1.165) is 30.4 Å². The van der Waals surface area contributed by atoms with E-state index < -0.39 is 9.04 Å². The number of anilines is 1. The fourth-order valence-electron chi connectivity index (χ4n) is 2.62. The van der Waals surface area contributed by atoms with Crippen molar-refractivity contribution in [3.8, 4) is 11.1 Å². The Balaban J connectivity index is 2.50. The molecule has 4 heteroatoms. The van der Waals surface area contributed by atoms with Crippen molar-refractivity contribution in [2.75, 3.05) is 5.73 Å². The van der Waals surface area contributed by atoms with E-state index in [2.05, 4.69) is 26.1 Å². The number of hydrogen-bond acceptors (Lipinski definition) is 2. The number of nitrogens with two attached hydrogens (primary N) is 1. The van der Waals surface area contributed by atoms with E-state index in [-0.39, 0.29) is 5.82 Å². The molecule has 2 nitrogen and oxygen atoms in total. The van der Waals surface area contributed by atoms with E-state index in [1.54, 1.807) is 12.1 Å². The minimum absolute atomic E-state index is 0.244. The molecule has 2 rings (SSSR count). The van der Waals surface area contributed by atoms with Gasteiger partial charge in [0.2, 0.25) is 9.04 Å². The fourth-order valence-corrected chi connectivity index (χ4v) is 3.06. The molecule has 0 heterocycles. The first-order valence-electron chi connectivity index (χ1n) is 8.12. The summed E-state index contributed by atoms with van der Waals surface area (Å²) in [5.74, 6) is -0.244. The lowest BCUT2D eigenvalue weighted by Crippen LogP contribution is -2.10. The van der Waals surface area contributed by atoms with Crippen molar-refractivity contribution in [2.45, 2.75) is 45.9 Å². The van der Waals surface area contributed by atoms with Crippen LogP contribution in [-0.4, -0.2) is 9.04 Å². The first kappa shape index (κ1) is 17.7. The molecule has 0 spiro atoms. The van der Waals surface area contributed by atoms with Gasteiger partial charge in [-0.15, -0.1) is 0 Å². The van der Waals surface area contributed by atoms with Crippen LogP contribution in [0.4, 0.5) is 10.1 Å². The van der Waals surface area contributed by atoms with E-state index in [1.165, 1.54) is 11.6 Å². The van der Waals surface area contributed by atoms with E-state index >= 15 is 0 Å². The zero-order valence-corrected chi connectivity index (χ0v) is 15.2. The number of hydrogen-bond donors (Lipinski definition) is 1. The highest BCUT2D eigenvalue weighted by Gasteiger charge is 2.14. The van der Waals surface area contributed by atoms with Gasteiger partial charge in [0.25, 0.3) is 0 Å². The van der Waals surface area contributed by atoms with Crippen LogP contribution in [0.25, 0.3) is 11.1 Å². The summed E-state index contributed by atoms with van der Waals surface area (Å²) >= 11 is 0. The van der Waals surface area contributed by atoms with Crippen LogP contribution in [0.2, 0.25) is 13.1 Å². The van der Waals surface area contributed by atoms with E-state index in [0.29, 0.717) is 17.9 Å². The van der Waals surface area contributed by atoms with Gasteiger partial charge in [-0.25, -0.2) is 4.39 Å². The van der Waals surface area contributed by atoms with Crippen molar-refractivity contribution in [3.63, 3.8) is 0 Å².